The minimum atomic E-state index is -0.0725. The highest BCUT2D eigenvalue weighted by Crippen LogP contribution is 2.21. The molecule has 1 aromatic rings. The highest BCUT2D eigenvalue weighted by atomic mass is 35.5. The molecule has 2 N–H and O–H groups in total. The van der Waals surface area contributed by atoms with Gasteiger partial charge in [-0.05, 0) is 6.92 Å². The van der Waals surface area contributed by atoms with Crippen LogP contribution in [0, 0.1) is 0 Å². The van der Waals surface area contributed by atoms with Crippen LogP contribution in [0.5, 0.6) is 5.88 Å². The van der Waals surface area contributed by atoms with Gasteiger partial charge in [0, 0.05) is 6.54 Å². The van der Waals surface area contributed by atoms with Crippen LogP contribution < -0.4 is 10.1 Å². The molecule has 0 unspecified atom stereocenters. The maximum Gasteiger partial charge on any atom is 0.237 e. The second kappa shape index (κ2) is 5.62. The van der Waals surface area contributed by atoms with E-state index in [0.29, 0.717) is 11.0 Å². The summed E-state index contributed by atoms with van der Waals surface area (Å²) in [7, 11) is 0. The number of aliphatic hydroxyl groups is 1. The molecule has 0 fully saturated rings. The monoisotopic (exact) mass is 217 g/mol. The number of nitrogens with one attached hydrogen (secondary N) is 1. The Morgan fingerprint density at radius 2 is 2.43 bits per heavy atom. The molecule has 0 bridgehead atoms. The van der Waals surface area contributed by atoms with Gasteiger partial charge in [0.2, 0.25) is 11.8 Å². The van der Waals surface area contributed by atoms with E-state index < -0.39 is 0 Å². The first-order valence-corrected chi connectivity index (χ1v) is 4.65. The quantitative estimate of drug-likeness (QED) is 0.768. The van der Waals surface area contributed by atoms with Crippen LogP contribution in [-0.2, 0) is 0 Å². The van der Waals surface area contributed by atoms with E-state index in [1.807, 2.05) is 6.92 Å². The Labute approximate surface area is 87.1 Å². The minimum Gasteiger partial charge on any atom is -0.474 e. The van der Waals surface area contributed by atoms with Crippen LogP contribution in [0.25, 0.3) is 0 Å². The molecule has 1 heterocycles. The lowest BCUT2D eigenvalue weighted by molar-refractivity contribution is 0.197. The first kappa shape index (κ1) is 11.0. The molecule has 0 amide bonds. The predicted octanol–water partition coefficient (Wildman–Crippen LogP) is 0.933. The predicted molar refractivity (Wildman–Crippen MR) is 53.8 cm³/mol. The molecule has 0 aliphatic heterocycles. The Balaban J connectivity index is 2.74. The smallest absolute Gasteiger partial charge is 0.237 e. The van der Waals surface area contributed by atoms with Crippen LogP contribution in [-0.4, -0.2) is 34.8 Å². The Morgan fingerprint density at radius 3 is 3.07 bits per heavy atom. The molecule has 0 aromatic carbocycles. The molecule has 0 aliphatic rings. The van der Waals surface area contributed by atoms with Crippen molar-refractivity contribution in [2.75, 3.05) is 25.1 Å². The number of halogens is 1. The number of hydrogen-bond donors (Lipinski definition) is 2. The Bertz CT molecular complexity index is 296. The molecule has 0 saturated carbocycles. The second-order valence-corrected chi connectivity index (χ2v) is 2.86. The van der Waals surface area contributed by atoms with Crippen LogP contribution in [0.2, 0.25) is 5.02 Å². The van der Waals surface area contributed by atoms with Gasteiger partial charge in [0.1, 0.15) is 11.6 Å². The fraction of sp³-hybridized carbons (Fsp3) is 0.500. The first-order chi connectivity index (χ1) is 6.77. The Kier molecular flexibility index (Phi) is 4.42. The molecule has 0 atom stereocenters. The maximum absolute atomic E-state index is 8.56. The SMILES string of the molecule is CCNc1ncc(Cl)c(OCCO)n1. The maximum atomic E-state index is 8.56. The second-order valence-electron chi connectivity index (χ2n) is 2.45. The number of hydrogen-bond acceptors (Lipinski definition) is 5. The molecular weight excluding hydrogens is 206 g/mol. The molecule has 0 spiro atoms. The zero-order valence-electron chi connectivity index (χ0n) is 7.83. The highest BCUT2D eigenvalue weighted by Gasteiger charge is 2.05. The van der Waals surface area contributed by atoms with Crippen molar-refractivity contribution in [1.82, 2.24) is 9.97 Å². The van der Waals surface area contributed by atoms with E-state index in [1.54, 1.807) is 0 Å². The third-order valence-electron chi connectivity index (χ3n) is 1.38. The van der Waals surface area contributed by atoms with Crippen molar-refractivity contribution in [3.05, 3.63) is 11.2 Å². The summed E-state index contributed by atoms with van der Waals surface area (Å²) >= 11 is 5.77. The molecule has 1 rings (SSSR count). The number of aromatic nitrogens is 2. The number of aliphatic hydroxyl groups excluding tert-OH is 1. The van der Waals surface area contributed by atoms with E-state index in [2.05, 4.69) is 15.3 Å². The standard InChI is InChI=1S/C8H12ClN3O2/c1-2-10-8-11-5-6(9)7(12-8)14-4-3-13/h5,13H,2-4H2,1H3,(H,10,11,12). The number of anilines is 1. The molecule has 6 heteroatoms. The molecule has 14 heavy (non-hydrogen) atoms. The fourth-order valence-corrected chi connectivity index (χ4v) is 0.984. The molecule has 0 aliphatic carbocycles. The molecule has 5 nitrogen and oxygen atoms in total. The summed E-state index contributed by atoms with van der Waals surface area (Å²) in [5.41, 5.74) is 0. The number of nitrogens with zero attached hydrogens (tertiary/aromatic N) is 2. The van der Waals surface area contributed by atoms with Crippen LogP contribution in [0.1, 0.15) is 6.92 Å². The zero-order valence-corrected chi connectivity index (χ0v) is 8.58. The van der Waals surface area contributed by atoms with Crippen molar-refractivity contribution in [2.45, 2.75) is 6.92 Å². The van der Waals surface area contributed by atoms with Gasteiger partial charge in [-0.3, -0.25) is 0 Å². The van der Waals surface area contributed by atoms with Crippen molar-refractivity contribution in [1.29, 1.82) is 0 Å². The zero-order chi connectivity index (χ0) is 10.4. The van der Waals surface area contributed by atoms with Crippen molar-refractivity contribution in [2.24, 2.45) is 0 Å². The molecule has 1 aromatic heterocycles. The summed E-state index contributed by atoms with van der Waals surface area (Å²) in [5.74, 6) is 0.747. The van der Waals surface area contributed by atoms with Crippen LogP contribution in [0.3, 0.4) is 0 Å². The lowest BCUT2D eigenvalue weighted by Gasteiger charge is -2.06. The average Bonchev–Trinajstić information content (AvgIpc) is 2.19. The topological polar surface area (TPSA) is 67.3 Å². The van der Waals surface area contributed by atoms with Gasteiger partial charge in [0.15, 0.2) is 0 Å². The average molecular weight is 218 g/mol. The third-order valence-corrected chi connectivity index (χ3v) is 1.64. The normalized spacial score (nSPS) is 9.93. The molecule has 0 saturated heterocycles. The van der Waals surface area contributed by atoms with Gasteiger partial charge in [0.05, 0.1) is 12.8 Å². The van der Waals surface area contributed by atoms with Gasteiger partial charge in [-0.1, -0.05) is 11.6 Å². The summed E-state index contributed by atoms with van der Waals surface area (Å²) in [6, 6.07) is 0. The van der Waals surface area contributed by atoms with Gasteiger partial charge in [-0.25, -0.2) is 4.98 Å². The summed E-state index contributed by atoms with van der Waals surface area (Å²) in [4.78, 5) is 7.95. The lowest BCUT2D eigenvalue weighted by atomic mass is 10.6. The molecule has 78 valence electrons. The van der Waals surface area contributed by atoms with Gasteiger partial charge < -0.3 is 15.2 Å². The highest BCUT2D eigenvalue weighted by molar-refractivity contribution is 6.31. The van der Waals surface area contributed by atoms with Gasteiger partial charge >= 0.3 is 0 Å². The van der Waals surface area contributed by atoms with Crippen LogP contribution in [0.15, 0.2) is 6.20 Å². The van der Waals surface area contributed by atoms with Gasteiger partial charge in [0.25, 0.3) is 0 Å². The van der Waals surface area contributed by atoms with E-state index in [1.165, 1.54) is 6.20 Å². The van der Waals surface area contributed by atoms with Gasteiger partial charge in [-0.2, -0.15) is 4.98 Å². The van der Waals surface area contributed by atoms with Crippen LogP contribution >= 0.6 is 11.6 Å². The van der Waals surface area contributed by atoms with Crippen molar-refractivity contribution < 1.29 is 9.84 Å². The fourth-order valence-electron chi connectivity index (χ4n) is 0.838. The van der Waals surface area contributed by atoms with E-state index >= 15 is 0 Å². The lowest BCUT2D eigenvalue weighted by Crippen LogP contribution is -2.07. The van der Waals surface area contributed by atoms with Gasteiger partial charge in [-0.15, -0.1) is 0 Å². The summed E-state index contributed by atoms with van der Waals surface area (Å²) in [5, 5.41) is 11.8. The summed E-state index contributed by atoms with van der Waals surface area (Å²) in [6.07, 6.45) is 1.46. The molecule has 0 radical (unpaired) electrons. The third kappa shape index (κ3) is 3.01. The van der Waals surface area contributed by atoms with Crippen LogP contribution in [0.4, 0.5) is 5.95 Å². The van der Waals surface area contributed by atoms with E-state index in [4.69, 9.17) is 21.4 Å². The first-order valence-electron chi connectivity index (χ1n) is 4.28. The Hall–Kier alpha value is -1.07. The van der Waals surface area contributed by atoms with E-state index in [9.17, 15) is 0 Å². The van der Waals surface area contributed by atoms with Crippen molar-refractivity contribution in [3.8, 4) is 5.88 Å². The summed E-state index contributed by atoms with van der Waals surface area (Å²) < 4.78 is 5.10. The molecular formula is C8H12ClN3O2. The minimum absolute atomic E-state index is 0.0725. The number of ether oxygens (including phenoxy) is 1. The van der Waals surface area contributed by atoms with E-state index in [-0.39, 0.29) is 19.1 Å². The number of rotatable bonds is 5. The Morgan fingerprint density at radius 1 is 1.64 bits per heavy atom. The largest absolute Gasteiger partial charge is 0.474 e. The van der Waals surface area contributed by atoms with E-state index in [0.717, 1.165) is 6.54 Å². The summed E-state index contributed by atoms with van der Waals surface area (Å²) in [6.45, 7) is 2.76. The van der Waals surface area contributed by atoms with Crippen molar-refractivity contribution >= 4 is 17.5 Å². The van der Waals surface area contributed by atoms with Crippen molar-refractivity contribution in [3.63, 3.8) is 0 Å².